The molecule has 1 aliphatic heterocycles. The van der Waals surface area contributed by atoms with E-state index in [9.17, 15) is 87.5 Å². The molecule has 18 atom stereocenters. The number of hydrogen-bond donors (Lipinski definition) is 30. The average molecular weight is 1950 g/mol. The molecular weight excluding hydrogens is 1800 g/mol. The zero-order chi connectivity index (χ0) is 103. The smallest absolute Gasteiger partial charge is 0.326 e. The van der Waals surface area contributed by atoms with Crippen LogP contribution in [-0.2, 0) is 94.3 Å². The lowest BCUT2D eigenvalue weighted by molar-refractivity contribution is -0.143. The molecular formula is C88H147N27O21S. The van der Waals surface area contributed by atoms with E-state index in [1.54, 1.807) is 102 Å². The van der Waals surface area contributed by atoms with Gasteiger partial charge in [0.2, 0.25) is 94.5 Å². The summed E-state index contributed by atoms with van der Waals surface area (Å²) in [6.45, 7) is 10.7. The first-order chi connectivity index (χ1) is 64.8. The lowest BCUT2D eigenvalue weighted by Gasteiger charge is -2.31. The number of carbonyl (C=O) groups excluding carboxylic acids is 16. The van der Waals surface area contributed by atoms with Gasteiger partial charge in [0.15, 0.2) is 17.9 Å². The number of likely N-dealkylation sites (tertiary alicyclic amines) is 1. The summed E-state index contributed by atoms with van der Waals surface area (Å²) in [6, 6.07) is -7.41. The zero-order valence-corrected chi connectivity index (χ0v) is 80.3. The maximum Gasteiger partial charge on any atom is 0.326 e. The van der Waals surface area contributed by atoms with Crippen molar-refractivity contribution in [3.05, 3.63) is 71.8 Å². The van der Waals surface area contributed by atoms with Gasteiger partial charge in [0.05, 0.1) is 25.4 Å². The van der Waals surface area contributed by atoms with Crippen LogP contribution in [0.5, 0.6) is 0 Å². The van der Waals surface area contributed by atoms with Crippen LogP contribution in [0.2, 0.25) is 0 Å². The minimum absolute atomic E-state index is 0.00260. The Morgan fingerprint density at radius 2 is 0.803 bits per heavy atom. The number of nitrogens with zero attached hydrogens (tertiary/aromatic N) is 1. The van der Waals surface area contributed by atoms with Crippen molar-refractivity contribution in [1.82, 2.24) is 95.3 Å². The molecule has 1 saturated heterocycles. The van der Waals surface area contributed by atoms with Gasteiger partial charge in [-0.2, -0.15) is 11.8 Å². The molecule has 1 fully saturated rings. The van der Waals surface area contributed by atoms with Gasteiger partial charge < -0.3 is 150 Å². The summed E-state index contributed by atoms with van der Waals surface area (Å²) in [5, 5.41) is 108. The molecule has 16 amide bonds. The summed E-state index contributed by atoms with van der Waals surface area (Å²) in [5.74, 6) is -18.7. The number of carboxylic acids is 1. The van der Waals surface area contributed by atoms with E-state index in [0.717, 1.165) is 0 Å². The Hall–Kier alpha value is -12.6. The second-order valence-electron chi connectivity index (χ2n) is 34.7. The normalized spacial score (nSPS) is 16.0. The van der Waals surface area contributed by atoms with Crippen molar-refractivity contribution in [2.24, 2.45) is 52.2 Å². The van der Waals surface area contributed by atoms with Gasteiger partial charge in [0.1, 0.15) is 90.6 Å². The van der Waals surface area contributed by atoms with E-state index in [-0.39, 0.29) is 147 Å². The number of carboxylic acid groups (broad SMARTS) is 1. The van der Waals surface area contributed by atoms with Gasteiger partial charge in [-0.3, -0.25) is 92.9 Å². The van der Waals surface area contributed by atoms with Crippen LogP contribution >= 0.6 is 11.8 Å². The van der Waals surface area contributed by atoms with Crippen molar-refractivity contribution >= 4 is 130 Å². The van der Waals surface area contributed by atoms with Crippen molar-refractivity contribution in [2.75, 3.05) is 57.9 Å². The number of aliphatic hydroxyl groups is 3. The first kappa shape index (κ1) is 119. The van der Waals surface area contributed by atoms with Crippen LogP contribution in [0.25, 0.3) is 0 Å². The summed E-state index contributed by atoms with van der Waals surface area (Å²) >= 11 is 1.46. The average Bonchev–Trinajstić information content (AvgIpc) is 1.70. The van der Waals surface area contributed by atoms with Crippen LogP contribution in [-0.4, -0.2) is 304 Å². The lowest BCUT2D eigenvalue weighted by atomic mass is 9.97. The van der Waals surface area contributed by atoms with E-state index in [0.29, 0.717) is 29.7 Å². The third-order valence-corrected chi connectivity index (χ3v) is 22.9. The number of unbranched alkanes of at least 4 members (excludes halogenated alkanes) is 1. The third kappa shape index (κ3) is 44.4. The maximum absolute atomic E-state index is 15.3. The fourth-order valence-corrected chi connectivity index (χ4v) is 15.0. The lowest BCUT2D eigenvalue weighted by Crippen LogP contribution is -2.62. The van der Waals surface area contributed by atoms with E-state index in [1.807, 2.05) is 6.26 Å². The Bertz CT molecular complexity index is 4320. The fraction of sp³-hybridized carbons (Fsp3) is 0.636. The predicted molar refractivity (Wildman–Crippen MR) is 509 cm³/mol. The molecule has 0 bridgehead atoms. The highest BCUT2D eigenvalue weighted by molar-refractivity contribution is 7.98. The number of hydrogen-bond acceptors (Lipinski definition) is 26. The van der Waals surface area contributed by atoms with Crippen molar-refractivity contribution in [3.63, 3.8) is 0 Å². The second kappa shape index (κ2) is 62.9. The first-order valence-electron chi connectivity index (χ1n) is 46.0. The molecule has 137 heavy (non-hydrogen) atoms. The van der Waals surface area contributed by atoms with E-state index in [2.05, 4.69) is 90.4 Å². The van der Waals surface area contributed by atoms with Crippen LogP contribution in [0.1, 0.15) is 176 Å². The number of thioether (sulfide) groups is 1. The maximum atomic E-state index is 15.3. The summed E-state index contributed by atoms with van der Waals surface area (Å²) in [7, 11) is 0. The van der Waals surface area contributed by atoms with Gasteiger partial charge in [-0.05, 0) is 158 Å². The number of guanidine groups is 3. The number of aliphatic carboxylic acids is 1. The van der Waals surface area contributed by atoms with Gasteiger partial charge >= 0.3 is 5.97 Å². The van der Waals surface area contributed by atoms with Crippen LogP contribution in [0.3, 0.4) is 0 Å². The summed E-state index contributed by atoms with van der Waals surface area (Å²) in [5.41, 5.74) is 35.0. The molecule has 0 unspecified atom stereocenters. The Morgan fingerprint density at radius 3 is 1.22 bits per heavy atom. The number of benzene rings is 2. The fourth-order valence-electron chi connectivity index (χ4n) is 14.5. The van der Waals surface area contributed by atoms with E-state index < -0.39 is 247 Å². The van der Waals surface area contributed by atoms with E-state index >= 15 is 14.4 Å². The van der Waals surface area contributed by atoms with Crippen LogP contribution in [0.4, 0.5) is 0 Å². The quantitative estimate of drug-likeness (QED) is 0.0166. The van der Waals surface area contributed by atoms with Crippen LogP contribution < -0.4 is 125 Å². The molecule has 0 aromatic heterocycles. The Balaban J connectivity index is 2.02. The summed E-state index contributed by atoms with van der Waals surface area (Å²) in [6.07, 6.45) is -0.340. The molecule has 3 rings (SSSR count). The highest BCUT2D eigenvalue weighted by Crippen LogP contribution is 2.22. The summed E-state index contributed by atoms with van der Waals surface area (Å²) in [4.78, 5) is 242. The number of aliphatic hydroxyl groups excluding tert-OH is 3. The van der Waals surface area contributed by atoms with Crippen molar-refractivity contribution < 1.29 is 102 Å². The molecule has 1 aliphatic rings. The molecule has 2 aromatic rings. The molecule has 0 spiro atoms. The number of carbonyl (C=O) groups is 17. The minimum Gasteiger partial charge on any atom is -0.480 e. The van der Waals surface area contributed by atoms with Gasteiger partial charge in [-0.1, -0.05) is 109 Å². The number of amides is 16. The third-order valence-electron chi connectivity index (χ3n) is 22.3. The molecule has 0 aliphatic carbocycles. The minimum atomic E-state index is -1.95. The second-order valence-corrected chi connectivity index (χ2v) is 35.6. The van der Waals surface area contributed by atoms with E-state index in [1.165, 1.54) is 30.5 Å². The summed E-state index contributed by atoms with van der Waals surface area (Å²) < 4.78 is 0. The first-order valence-corrected chi connectivity index (χ1v) is 47.4. The van der Waals surface area contributed by atoms with Crippen LogP contribution in [0.15, 0.2) is 60.7 Å². The number of rotatable bonds is 65. The molecule has 2 aromatic carbocycles. The van der Waals surface area contributed by atoms with Gasteiger partial charge in [0, 0.05) is 45.4 Å². The number of primary amides is 1. The monoisotopic (exact) mass is 1950 g/mol. The zero-order valence-electron chi connectivity index (χ0n) is 79.5. The highest BCUT2D eigenvalue weighted by atomic mass is 32.2. The van der Waals surface area contributed by atoms with Crippen LogP contribution in [0, 0.1) is 34.0 Å². The van der Waals surface area contributed by atoms with Crippen molar-refractivity contribution in [3.8, 4) is 0 Å². The molecule has 0 saturated carbocycles. The van der Waals surface area contributed by atoms with Crippen molar-refractivity contribution in [1.29, 1.82) is 16.2 Å². The molecule has 1 heterocycles. The Morgan fingerprint density at radius 1 is 0.438 bits per heavy atom. The SMILES string of the molecule is CC[C@H](C)[C@H](NC(=O)[C@H](CO)NC(=O)[C@H](CCC(N)=O)NC(=O)[C@H](CCCNC(=N)N)NC(=O)[C@H](CC(C)C)NC(=O)[C@H](CO)NC(=O)[C@H](CC(C)C)NC(=O)[C@@H](N)CCSC)C(=O)N[C@@H](CCCNC(=N)N)C(=O)N[C@@H](Cc1ccccc1)C(=O)N[C@@H](Cc1ccccc1)C(=O)N[C@@H](CCCCN)C(=O)N1CCC[C@H]1C(=O)N[C@@H](C)C(=O)N[C@H](C(=O)N[C@@H](CCCNC(=N)N)C(=O)O)[C@@H](C)O. The molecule has 36 N–H and O–H groups in total. The topological polar surface area (TPSA) is 807 Å². The largest absolute Gasteiger partial charge is 0.480 e. The highest BCUT2D eigenvalue weighted by Gasteiger charge is 2.43. The molecule has 766 valence electrons. The Labute approximate surface area is 801 Å². The van der Waals surface area contributed by atoms with Gasteiger partial charge in [0.25, 0.3) is 0 Å². The number of nitrogens with two attached hydrogens (primary N) is 6. The predicted octanol–water partition coefficient (Wildman–Crippen LogP) is -6.88. The Kier molecular flexibility index (Phi) is 54.5. The molecule has 49 heteroatoms. The molecule has 0 radical (unpaired) electrons. The van der Waals surface area contributed by atoms with Gasteiger partial charge in [-0.25, -0.2) is 4.79 Å². The molecule has 48 nitrogen and oxygen atoms in total. The number of nitrogens with one attached hydrogen (secondary N) is 20. The van der Waals surface area contributed by atoms with E-state index in [4.69, 9.17) is 50.6 Å². The van der Waals surface area contributed by atoms with Crippen molar-refractivity contribution in [2.45, 2.75) is 280 Å². The van der Waals surface area contributed by atoms with Gasteiger partial charge in [-0.15, -0.1) is 0 Å². The standard InChI is InChI=1S/C88H147N27O21S/c1-10-49(6)68(113-80(130)65(46-117)111-74(124)57(32-33-67(91)119)103-72(122)55(28-19-36-98-86(92)93)102-75(125)61(42-48(4)5)108-79(129)64(45-116)112-76(126)60(41-47(2)3)107-71(121)54(90)34-40-137-9)82(132)104-56(29-20-37-99-87(94)95)73(123)109-63(44-53-25-15-12-16-26-53)78(128)110-62(43-52-23-13-11-14-24-52)77(127)105-58(27-17-18-35-89)84(134)115-39-22-31-66(115)81(131)101-50(7)70(120)114-69(51(8)118)83(133)106-59(85(135)136)30-21-38-100-88(96)97/h11-16,23-26,47-51,54-66,68-69,116-118H,10,17-22,27-46,89-90H2,1-9H3,(H2,91,119)(H,101,131)(H,102,125)(H,103,122)(H,104,132)(H,105,127)(H,106,133)(H,107,121)(H,108,129)(H,109,123)(H,110,128)(H,111,124)(H,112,126)(H,113,130)(H,114,120)(H,135,136)(H4,92,93,98)(H4,94,95,99)(H4,96,97,100)/t49-,50-,51+,54-,55-,56-,57-,58-,59-,60-,61-,62-,63-,64-,65-,66-,68-,69-/m0/s1.